The lowest BCUT2D eigenvalue weighted by Crippen LogP contribution is -2.43. The van der Waals surface area contributed by atoms with E-state index in [9.17, 15) is 4.39 Å². The van der Waals surface area contributed by atoms with Crippen LogP contribution in [0.25, 0.3) is 0 Å². The van der Waals surface area contributed by atoms with E-state index in [0.29, 0.717) is 36.4 Å². The van der Waals surface area contributed by atoms with Gasteiger partial charge < -0.3 is 21.1 Å². The van der Waals surface area contributed by atoms with Gasteiger partial charge in [0.1, 0.15) is 0 Å². The zero-order valence-corrected chi connectivity index (χ0v) is 20.1. The van der Waals surface area contributed by atoms with Crippen molar-refractivity contribution in [2.24, 2.45) is 15.7 Å². The Morgan fingerprint density at radius 3 is 2.67 bits per heavy atom. The van der Waals surface area contributed by atoms with Gasteiger partial charge in [-0.25, -0.2) is 9.38 Å². The number of guanidine groups is 2. The van der Waals surface area contributed by atoms with Crippen LogP contribution in [-0.2, 0) is 0 Å². The van der Waals surface area contributed by atoms with E-state index in [-0.39, 0.29) is 5.75 Å². The van der Waals surface area contributed by atoms with Gasteiger partial charge in [-0.05, 0) is 50.9 Å². The molecule has 184 valence electrons. The van der Waals surface area contributed by atoms with Crippen molar-refractivity contribution < 1.29 is 9.13 Å². The van der Waals surface area contributed by atoms with E-state index in [1.807, 2.05) is 0 Å². The first-order valence-electron chi connectivity index (χ1n) is 12.3. The lowest BCUT2D eigenvalue weighted by Gasteiger charge is -2.23. The average Bonchev–Trinajstić information content (AvgIpc) is 3.11. The predicted octanol–water partition coefficient (Wildman–Crippen LogP) is 3.26. The number of hydrogen-bond acceptors (Lipinski definition) is 4. The molecule has 1 saturated heterocycles. The Bertz CT molecular complexity index is 793. The molecule has 1 aromatic carbocycles. The minimum Gasteiger partial charge on any atom is -0.494 e. The maximum Gasteiger partial charge on any atom is 0.227 e. The van der Waals surface area contributed by atoms with E-state index in [4.69, 9.17) is 10.5 Å². The number of hydrogen-bond donors (Lipinski definition) is 4. The fourth-order valence-corrected chi connectivity index (χ4v) is 4.63. The van der Waals surface area contributed by atoms with Crippen molar-refractivity contribution in [3.8, 4) is 5.75 Å². The average molecular weight is 462 g/mol. The molecule has 1 aliphatic heterocycles. The Labute approximate surface area is 197 Å². The lowest BCUT2D eigenvalue weighted by molar-refractivity contribution is 0.267. The number of likely N-dealkylation sites (tertiary alicyclic amines) is 1. The van der Waals surface area contributed by atoms with E-state index in [2.05, 4.69) is 37.8 Å². The van der Waals surface area contributed by atoms with Crippen molar-refractivity contribution in [1.29, 1.82) is 0 Å². The molecule has 0 radical (unpaired) electrons. The number of rotatable bonds is 8. The van der Waals surface area contributed by atoms with Crippen LogP contribution in [0.2, 0.25) is 0 Å². The number of halogens is 1. The summed E-state index contributed by atoms with van der Waals surface area (Å²) in [6.07, 6.45) is 9.82. The summed E-state index contributed by atoms with van der Waals surface area (Å²) in [6.45, 7) is 5.51. The van der Waals surface area contributed by atoms with Crippen LogP contribution in [0.1, 0.15) is 58.3 Å². The van der Waals surface area contributed by atoms with Gasteiger partial charge >= 0.3 is 0 Å². The highest BCUT2D eigenvalue weighted by molar-refractivity contribution is 6.01. The summed E-state index contributed by atoms with van der Waals surface area (Å²) in [5, 5.41) is 9.84. The molecule has 5 N–H and O–H groups in total. The Hall–Kier alpha value is -2.39. The molecule has 1 aromatic rings. The molecule has 1 heterocycles. The molecule has 0 bridgehead atoms. The number of methoxy groups -OCH3 is 1. The van der Waals surface area contributed by atoms with Crippen LogP contribution in [0, 0.1) is 5.82 Å². The highest BCUT2D eigenvalue weighted by Gasteiger charge is 2.22. The van der Waals surface area contributed by atoms with Crippen molar-refractivity contribution in [2.45, 2.75) is 70.4 Å². The lowest BCUT2D eigenvalue weighted by atomic mass is 10.1. The molecule has 0 aromatic heterocycles. The maximum atomic E-state index is 14.2. The maximum absolute atomic E-state index is 14.2. The number of aliphatic imine (C=N–C) groups is 2. The van der Waals surface area contributed by atoms with E-state index in [1.54, 1.807) is 12.1 Å². The number of ether oxygens (including phenoxy) is 1. The molecule has 0 spiro atoms. The summed E-state index contributed by atoms with van der Waals surface area (Å²) in [4.78, 5) is 11.5. The fourth-order valence-electron chi connectivity index (χ4n) is 4.63. The Morgan fingerprint density at radius 2 is 1.97 bits per heavy atom. The Morgan fingerprint density at radius 1 is 1.18 bits per heavy atom. The smallest absolute Gasteiger partial charge is 0.227 e. The van der Waals surface area contributed by atoms with Crippen LogP contribution in [0.5, 0.6) is 5.75 Å². The first-order valence-corrected chi connectivity index (χ1v) is 12.3. The van der Waals surface area contributed by atoms with Crippen molar-refractivity contribution >= 4 is 17.6 Å². The van der Waals surface area contributed by atoms with Gasteiger partial charge in [0.2, 0.25) is 5.96 Å². The molecule has 3 rings (SSSR count). The molecule has 1 unspecified atom stereocenters. The standard InChI is InChI=1S/C24H40FN7O/c1-3-32-14-8-11-20(32)16-27-23(26)31-24(29-17-28-18-9-6-4-5-7-10-18)30-19-12-13-22(33-2)21(25)15-19/h12-13,15,18,20,28H,3-11,14,16-17H2,1-2H3,(H4,26,27,29,30,31). The number of likely N-dealkylation sites (N-methyl/N-ethyl adjacent to an activating group) is 1. The Balaban J connectivity index is 1.65. The molecule has 1 atom stereocenters. The Kier molecular flexibility index (Phi) is 10.2. The van der Waals surface area contributed by atoms with Gasteiger partial charge in [0, 0.05) is 30.4 Å². The highest BCUT2D eigenvalue weighted by atomic mass is 19.1. The van der Waals surface area contributed by atoms with Crippen LogP contribution in [0.3, 0.4) is 0 Å². The second-order valence-corrected chi connectivity index (χ2v) is 8.81. The van der Waals surface area contributed by atoms with Gasteiger partial charge in [-0.2, -0.15) is 4.99 Å². The van der Waals surface area contributed by atoms with Gasteiger partial charge in [-0.3, -0.25) is 10.2 Å². The zero-order chi connectivity index (χ0) is 23.5. The number of nitrogens with zero attached hydrogens (tertiary/aromatic N) is 3. The van der Waals surface area contributed by atoms with E-state index in [1.165, 1.54) is 58.1 Å². The van der Waals surface area contributed by atoms with Crippen LogP contribution in [0.4, 0.5) is 10.1 Å². The van der Waals surface area contributed by atoms with Gasteiger partial charge in [-0.1, -0.05) is 32.6 Å². The zero-order valence-electron chi connectivity index (χ0n) is 20.1. The molecule has 33 heavy (non-hydrogen) atoms. The van der Waals surface area contributed by atoms with Crippen LogP contribution >= 0.6 is 0 Å². The quantitative estimate of drug-likeness (QED) is 0.269. The van der Waals surface area contributed by atoms with Gasteiger partial charge in [0.15, 0.2) is 17.5 Å². The monoisotopic (exact) mass is 461 g/mol. The van der Waals surface area contributed by atoms with E-state index < -0.39 is 5.82 Å². The highest BCUT2D eigenvalue weighted by Crippen LogP contribution is 2.21. The largest absolute Gasteiger partial charge is 0.494 e. The number of anilines is 1. The van der Waals surface area contributed by atoms with Gasteiger partial charge in [0.05, 0.1) is 13.8 Å². The van der Waals surface area contributed by atoms with Gasteiger partial charge in [-0.15, -0.1) is 0 Å². The molecule has 2 fully saturated rings. The molecule has 9 heteroatoms. The predicted molar refractivity (Wildman–Crippen MR) is 133 cm³/mol. The summed E-state index contributed by atoms with van der Waals surface area (Å²) >= 11 is 0. The number of nitrogens with two attached hydrogens (primary N) is 1. The molecule has 0 amide bonds. The van der Waals surface area contributed by atoms with Crippen molar-refractivity contribution in [2.75, 3.05) is 38.7 Å². The van der Waals surface area contributed by atoms with Crippen LogP contribution < -0.4 is 26.4 Å². The third kappa shape index (κ3) is 8.16. The minimum absolute atomic E-state index is 0.191. The van der Waals surface area contributed by atoms with Crippen LogP contribution in [0.15, 0.2) is 28.2 Å². The fraction of sp³-hybridized carbons (Fsp3) is 0.667. The number of nitrogens with one attached hydrogen (secondary N) is 3. The SMILES string of the molecule is CCN1CCCC1CN/C(N)=N/C(=N\CNC1CCCCCC1)Nc1ccc(OC)c(F)c1. The van der Waals surface area contributed by atoms with Gasteiger partial charge in [0.25, 0.3) is 0 Å². The molecular weight excluding hydrogens is 421 g/mol. The first kappa shape index (κ1) is 25.2. The summed E-state index contributed by atoms with van der Waals surface area (Å²) in [6, 6.07) is 5.60. The van der Waals surface area contributed by atoms with Crippen molar-refractivity contribution in [1.82, 2.24) is 15.5 Å². The van der Waals surface area contributed by atoms with Crippen molar-refractivity contribution in [3.05, 3.63) is 24.0 Å². The second-order valence-electron chi connectivity index (χ2n) is 8.81. The molecular formula is C24H40FN7O. The third-order valence-electron chi connectivity index (χ3n) is 6.52. The summed E-state index contributed by atoms with van der Waals surface area (Å²) in [7, 11) is 1.44. The van der Waals surface area contributed by atoms with E-state index >= 15 is 0 Å². The molecule has 8 nitrogen and oxygen atoms in total. The minimum atomic E-state index is -0.450. The molecule has 1 saturated carbocycles. The number of benzene rings is 1. The van der Waals surface area contributed by atoms with E-state index in [0.717, 1.165) is 26.1 Å². The van der Waals surface area contributed by atoms with Crippen LogP contribution in [-0.4, -0.2) is 62.3 Å². The summed E-state index contributed by atoms with van der Waals surface area (Å²) in [5.74, 6) is 0.377. The summed E-state index contributed by atoms with van der Waals surface area (Å²) < 4.78 is 19.2. The summed E-state index contributed by atoms with van der Waals surface area (Å²) in [5.41, 5.74) is 6.72. The molecule has 2 aliphatic rings. The third-order valence-corrected chi connectivity index (χ3v) is 6.52. The van der Waals surface area contributed by atoms with Crippen molar-refractivity contribution in [3.63, 3.8) is 0 Å². The topological polar surface area (TPSA) is 99.3 Å². The molecule has 1 aliphatic carbocycles. The normalized spacial score (nSPS) is 21.1. The second kappa shape index (κ2) is 13.3. The first-order chi connectivity index (χ1) is 16.1.